The third-order valence-electron chi connectivity index (χ3n) is 5.54. The molecule has 2 heterocycles. The van der Waals surface area contributed by atoms with Crippen LogP contribution in [0.3, 0.4) is 0 Å². The van der Waals surface area contributed by atoms with Crippen molar-refractivity contribution in [2.24, 2.45) is 0 Å². The Hall–Kier alpha value is -2.96. The molecule has 1 saturated heterocycles. The number of rotatable bonds is 5. The molecule has 1 aliphatic rings. The number of aryl methyl sites for hydroxylation is 1. The van der Waals surface area contributed by atoms with Gasteiger partial charge in [-0.25, -0.2) is 4.79 Å². The van der Waals surface area contributed by atoms with Crippen molar-refractivity contribution in [2.75, 3.05) is 19.7 Å². The minimum absolute atomic E-state index is 0.319. The summed E-state index contributed by atoms with van der Waals surface area (Å²) >= 11 is 0. The molecule has 0 saturated carbocycles. The Morgan fingerprint density at radius 3 is 2.69 bits per heavy atom. The van der Waals surface area contributed by atoms with Crippen molar-refractivity contribution in [1.82, 2.24) is 15.1 Å². The van der Waals surface area contributed by atoms with Crippen molar-refractivity contribution in [1.29, 1.82) is 0 Å². The van der Waals surface area contributed by atoms with E-state index >= 15 is 0 Å². The summed E-state index contributed by atoms with van der Waals surface area (Å²) in [5, 5.41) is 16.7. The Morgan fingerprint density at radius 1 is 1.24 bits per heavy atom. The van der Waals surface area contributed by atoms with Crippen molar-refractivity contribution in [3.63, 3.8) is 0 Å². The summed E-state index contributed by atoms with van der Waals surface area (Å²) in [6.45, 7) is 7.27. The number of nitrogens with one attached hydrogen (secondary N) is 1. The highest BCUT2D eigenvalue weighted by Gasteiger charge is 2.36. The van der Waals surface area contributed by atoms with E-state index in [1.54, 1.807) is 12.1 Å². The van der Waals surface area contributed by atoms with E-state index in [2.05, 4.69) is 34.2 Å². The molecule has 29 heavy (non-hydrogen) atoms. The largest absolute Gasteiger partial charge is 0.478 e. The molecule has 2 N–H and O–H groups in total. The quantitative estimate of drug-likeness (QED) is 0.691. The molecule has 0 unspecified atom stereocenters. The van der Waals surface area contributed by atoms with Crippen molar-refractivity contribution in [2.45, 2.75) is 26.0 Å². The van der Waals surface area contributed by atoms with Crippen LogP contribution in [-0.4, -0.2) is 45.9 Å². The zero-order valence-corrected chi connectivity index (χ0v) is 16.7. The Balaban J connectivity index is 1.50. The SMILES string of the molecule is Cc1cn[nH]c1[C@]1(C)CN(Cc2ccc(-c3ccccc3C(=O)O)cc2)CCO1. The lowest BCUT2D eigenvalue weighted by atomic mass is 9.96. The molecule has 0 bridgehead atoms. The highest BCUT2D eigenvalue weighted by atomic mass is 16.5. The lowest BCUT2D eigenvalue weighted by molar-refractivity contribution is -0.108. The molecule has 1 fully saturated rings. The van der Waals surface area contributed by atoms with E-state index in [0.717, 1.165) is 42.0 Å². The minimum Gasteiger partial charge on any atom is -0.478 e. The average Bonchev–Trinajstić information content (AvgIpc) is 3.15. The number of hydrogen-bond donors (Lipinski definition) is 2. The first-order chi connectivity index (χ1) is 14.0. The lowest BCUT2D eigenvalue weighted by Crippen LogP contribution is -2.48. The first-order valence-electron chi connectivity index (χ1n) is 9.75. The van der Waals surface area contributed by atoms with E-state index in [1.807, 2.05) is 37.4 Å². The second kappa shape index (κ2) is 7.81. The van der Waals surface area contributed by atoms with Crippen LogP contribution in [0, 0.1) is 6.92 Å². The molecule has 0 amide bonds. The molecule has 0 spiro atoms. The number of carbonyl (C=O) groups is 1. The van der Waals surface area contributed by atoms with E-state index in [4.69, 9.17) is 4.74 Å². The fourth-order valence-electron chi connectivity index (χ4n) is 4.09. The molecular weight excluding hydrogens is 366 g/mol. The molecule has 4 rings (SSSR count). The fraction of sp³-hybridized carbons (Fsp3) is 0.304. The molecule has 150 valence electrons. The maximum absolute atomic E-state index is 11.5. The summed E-state index contributed by atoms with van der Waals surface area (Å²) in [5.74, 6) is -0.911. The number of carboxylic acid groups (broad SMARTS) is 1. The van der Waals surface area contributed by atoms with Gasteiger partial charge in [-0.3, -0.25) is 10.00 Å². The fourth-order valence-corrected chi connectivity index (χ4v) is 4.09. The van der Waals surface area contributed by atoms with Gasteiger partial charge in [-0.1, -0.05) is 42.5 Å². The van der Waals surface area contributed by atoms with Crippen LogP contribution in [0.5, 0.6) is 0 Å². The predicted octanol–water partition coefficient (Wildman–Crippen LogP) is 3.83. The van der Waals surface area contributed by atoms with Gasteiger partial charge in [0, 0.05) is 19.6 Å². The average molecular weight is 391 g/mol. The Labute approximate surface area is 170 Å². The van der Waals surface area contributed by atoms with Crippen LogP contribution in [0.25, 0.3) is 11.1 Å². The number of ether oxygens (including phenoxy) is 1. The van der Waals surface area contributed by atoms with E-state index in [0.29, 0.717) is 12.2 Å². The number of H-pyrrole nitrogens is 1. The van der Waals surface area contributed by atoms with Gasteiger partial charge in [-0.05, 0) is 42.2 Å². The van der Waals surface area contributed by atoms with Gasteiger partial charge in [-0.2, -0.15) is 5.10 Å². The van der Waals surface area contributed by atoms with E-state index in [-0.39, 0.29) is 0 Å². The first kappa shape index (κ1) is 19.4. The number of benzene rings is 2. The second-order valence-electron chi connectivity index (χ2n) is 7.77. The summed E-state index contributed by atoms with van der Waals surface area (Å²) in [6, 6.07) is 15.2. The number of nitrogens with zero attached hydrogens (tertiary/aromatic N) is 2. The number of aromatic nitrogens is 2. The first-order valence-corrected chi connectivity index (χ1v) is 9.75. The smallest absolute Gasteiger partial charge is 0.336 e. The Morgan fingerprint density at radius 2 is 2.00 bits per heavy atom. The van der Waals surface area contributed by atoms with Crippen molar-refractivity contribution in [3.8, 4) is 11.1 Å². The second-order valence-corrected chi connectivity index (χ2v) is 7.77. The minimum atomic E-state index is -0.911. The van der Waals surface area contributed by atoms with Crippen molar-refractivity contribution in [3.05, 3.63) is 77.1 Å². The van der Waals surface area contributed by atoms with E-state index < -0.39 is 11.6 Å². The number of aromatic carboxylic acids is 1. The van der Waals surface area contributed by atoms with Crippen molar-refractivity contribution >= 4 is 5.97 Å². The molecule has 6 heteroatoms. The van der Waals surface area contributed by atoms with E-state index in [9.17, 15) is 9.90 Å². The molecule has 1 aromatic heterocycles. The summed E-state index contributed by atoms with van der Waals surface area (Å²) in [5.41, 5.74) is 4.89. The Bertz CT molecular complexity index is 1010. The van der Waals surface area contributed by atoms with Crippen LogP contribution < -0.4 is 0 Å². The zero-order valence-electron chi connectivity index (χ0n) is 16.7. The van der Waals surface area contributed by atoms with Gasteiger partial charge in [0.1, 0.15) is 5.60 Å². The molecule has 2 aromatic carbocycles. The summed E-state index contributed by atoms with van der Waals surface area (Å²) in [4.78, 5) is 13.9. The highest BCUT2D eigenvalue weighted by Crippen LogP contribution is 2.31. The molecule has 1 atom stereocenters. The summed E-state index contributed by atoms with van der Waals surface area (Å²) in [6.07, 6.45) is 1.83. The topological polar surface area (TPSA) is 78.5 Å². The highest BCUT2D eigenvalue weighted by molar-refractivity contribution is 5.95. The lowest BCUT2D eigenvalue weighted by Gasteiger charge is -2.40. The third kappa shape index (κ3) is 3.95. The number of carboxylic acids is 1. The predicted molar refractivity (Wildman–Crippen MR) is 111 cm³/mol. The van der Waals surface area contributed by atoms with Gasteiger partial charge in [0.25, 0.3) is 0 Å². The van der Waals surface area contributed by atoms with Crippen LogP contribution in [-0.2, 0) is 16.9 Å². The van der Waals surface area contributed by atoms with Gasteiger partial charge in [0.05, 0.1) is 24.1 Å². The third-order valence-corrected chi connectivity index (χ3v) is 5.54. The van der Waals surface area contributed by atoms with Gasteiger partial charge in [0.2, 0.25) is 0 Å². The van der Waals surface area contributed by atoms with Gasteiger partial charge in [0.15, 0.2) is 0 Å². The van der Waals surface area contributed by atoms with Crippen molar-refractivity contribution < 1.29 is 14.6 Å². The van der Waals surface area contributed by atoms with Crippen LogP contribution >= 0.6 is 0 Å². The molecule has 6 nitrogen and oxygen atoms in total. The summed E-state index contributed by atoms with van der Waals surface area (Å²) in [7, 11) is 0. The number of hydrogen-bond acceptors (Lipinski definition) is 4. The van der Waals surface area contributed by atoms with Gasteiger partial charge >= 0.3 is 5.97 Å². The van der Waals surface area contributed by atoms with Gasteiger partial charge < -0.3 is 9.84 Å². The standard InChI is InChI=1S/C23H25N3O3/c1-16-13-24-25-21(16)23(2)15-26(11-12-29-23)14-17-7-9-18(10-8-17)19-5-3-4-6-20(19)22(27)28/h3-10,13H,11-12,14-15H2,1-2H3,(H,24,25)(H,27,28)/t23-/m0/s1. The maximum Gasteiger partial charge on any atom is 0.336 e. The monoisotopic (exact) mass is 391 g/mol. The zero-order chi connectivity index (χ0) is 20.4. The summed E-state index contributed by atoms with van der Waals surface area (Å²) < 4.78 is 6.10. The molecule has 1 aliphatic heterocycles. The molecule has 0 aliphatic carbocycles. The van der Waals surface area contributed by atoms with Crippen LogP contribution in [0.15, 0.2) is 54.7 Å². The van der Waals surface area contributed by atoms with E-state index in [1.165, 1.54) is 5.56 Å². The number of aromatic amines is 1. The van der Waals surface area contributed by atoms with Gasteiger partial charge in [-0.15, -0.1) is 0 Å². The number of morpholine rings is 1. The van der Waals surface area contributed by atoms with Crippen LogP contribution in [0.2, 0.25) is 0 Å². The molecule has 3 aromatic rings. The maximum atomic E-state index is 11.5. The van der Waals surface area contributed by atoms with Crippen LogP contribution in [0.4, 0.5) is 0 Å². The Kier molecular flexibility index (Phi) is 5.22. The normalized spacial score (nSPS) is 19.9. The molecular formula is C23H25N3O3. The van der Waals surface area contributed by atoms with Crippen LogP contribution in [0.1, 0.15) is 34.1 Å². The molecule has 0 radical (unpaired) electrons.